The molecule has 6 heteroatoms. The maximum atomic E-state index is 13.0. The lowest BCUT2D eigenvalue weighted by molar-refractivity contribution is 0.0954. The summed E-state index contributed by atoms with van der Waals surface area (Å²) in [5.41, 5.74) is 3.25. The van der Waals surface area contributed by atoms with Crippen molar-refractivity contribution in [3.8, 4) is 17.0 Å². The molecule has 0 atom stereocenters. The van der Waals surface area contributed by atoms with Crippen molar-refractivity contribution in [2.75, 3.05) is 13.7 Å². The minimum absolute atomic E-state index is 0.114. The maximum absolute atomic E-state index is 13.0. The Morgan fingerprint density at radius 1 is 1.07 bits per heavy atom. The number of rotatable bonds is 8. The lowest BCUT2D eigenvalue weighted by Gasteiger charge is -2.05. The van der Waals surface area contributed by atoms with E-state index in [4.69, 9.17) is 9.84 Å². The molecule has 2 aromatic heterocycles. The van der Waals surface area contributed by atoms with Crippen LogP contribution in [0.25, 0.3) is 11.3 Å². The van der Waals surface area contributed by atoms with Crippen molar-refractivity contribution in [2.45, 2.75) is 13.0 Å². The van der Waals surface area contributed by atoms with Gasteiger partial charge in [-0.3, -0.25) is 9.48 Å². The summed E-state index contributed by atoms with van der Waals surface area (Å²) in [6, 6.07) is 21.8. The zero-order chi connectivity index (χ0) is 20.8. The molecule has 4 rings (SSSR count). The van der Waals surface area contributed by atoms with Gasteiger partial charge >= 0.3 is 0 Å². The van der Waals surface area contributed by atoms with Gasteiger partial charge in [-0.15, -0.1) is 11.3 Å². The largest absolute Gasteiger partial charge is 0.497 e. The zero-order valence-corrected chi connectivity index (χ0v) is 17.6. The van der Waals surface area contributed by atoms with Crippen LogP contribution in [0.2, 0.25) is 0 Å². The van der Waals surface area contributed by atoms with Gasteiger partial charge in [0.2, 0.25) is 0 Å². The Labute approximate surface area is 179 Å². The molecular weight excluding hydrogens is 394 g/mol. The Balaban J connectivity index is 1.57. The second-order valence-electron chi connectivity index (χ2n) is 6.89. The molecule has 152 valence electrons. The van der Waals surface area contributed by atoms with Gasteiger partial charge in [-0.1, -0.05) is 36.4 Å². The number of hydrogen-bond acceptors (Lipinski definition) is 4. The summed E-state index contributed by atoms with van der Waals surface area (Å²) in [5.74, 6) is 0.654. The molecule has 0 fully saturated rings. The van der Waals surface area contributed by atoms with Gasteiger partial charge in [0.1, 0.15) is 11.4 Å². The molecule has 0 radical (unpaired) electrons. The fourth-order valence-electron chi connectivity index (χ4n) is 3.25. The summed E-state index contributed by atoms with van der Waals surface area (Å²) >= 11 is 1.70. The zero-order valence-electron chi connectivity index (χ0n) is 16.7. The molecular formula is C24H23N3O2S. The number of nitrogens with zero attached hydrogens (tertiary/aromatic N) is 2. The van der Waals surface area contributed by atoms with Crippen LogP contribution in [0.5, 0.6) is 5.75 Å². The van der Waals surface area contributed by atoms with Crippen molar-refractivity contribution < 1.29 is 9.53 Å². The van der Waals surface area contributed by atoms with Crippen LogP contribution in [-0.4, -0.2) is 29.3 Å². The first-order chi connectivity index (χ1) is 14.7. The van der Waals surface area contributed by atoms with Crippen molar-refractivity contribution in [2.24, 2.45) is 0 Å². The third kappa shape index (κ3) is 4.78. The van der Waals surface area contributed by atoms with Gasteiger partial charge < -0.3 is 10.1 Å². The highest BCUT2D eigenvalue weighted by molar-refractivity contribution is 7.09. The average Bonchev–Trinajstić information content (AvgIpc) is 3.45. The third-order valence-electron chi connectivity index (χ3n) is 4.79. The van der Waals surface area contributed by atoms with Crippen LogP contribution in [-0.2, 0) is 13.0 Å². The Morgan fingerprint density at radius 3 is 2.57 bits per heavy atom. The molecule has 2 heterocycles. The van der Waals surface area contributed by atoms with Crippen LogP contribution >= 0.6 is 11.3 Å². The van der Waals surface area contributed by atoms with Crippen molar-refractivity contribution in [1.82, 2.24) is 15.1 Å². The smallest absolute Gasteiger partial charge is 0.255 e. The molecule has 0 aliphatic carbocycles. The van der Waals surface area contributed by atoms with Crippen molar-refractivity contribution in [1.29, 1.82) is 0 Å². The highest BCUT2D eigenvalue weighted by atomic mass is 32.1. The Kier molecular flexibility index (Phi) is 6.25. The summed E-state index contributed by atoms with van der Waals surface area (Å²) in [7, 11) is 1.63. The Bertz CT molecular complexity index is 1090. The molecule has 1 N–H and O–H groups in total. The number of nitrogens with one attached hydrogen (secondary N) is 1. The number of carbonyl (C=O) groups is 1. The first-order valence-corrected chi connectivity index (χ1v) is 10.7. The van der Waals surface area contributed by atoms with E-state index in [0.717, 1.165) is 23.3 Å². The van der Waals surface area contributed by atoms with Crippen molar-refractivity contribution in [3.05, 3.63) is 94.3 Å². The predicted octanol–water partition coefficient (Wildman–Crippen LogP) is 4.64. The van der Waals surface area contributed by atoms with E-state index in [2.05, 4.69) is 23.5 Å². The topological polar surface area (TPSA) is 56.2 Å². The van der Waals surface area contributed by atoms with Crippen LogP contribution in [0.1, 0.15) is 20.8 Å². The van der Waals surface area contributed by atoms with E-state index in [1.165, 1.54) is 4.88 Å². The number of ether oxygens (including phenoxy) is 1. The van der Waals surface area contributed by atoms with Gasteiger partial charge in [-0.05, 0) is 47.7 Å². The van der Waals surface area contributed by atoms with Gasteiger partial charge in [0, 0.05) is 23.2 Å². The fraction of sp³-hybridized carbons (Fsp3) is 0.167. The number of aromatic nitrogens is 2. The number of benzene rings is 2. The first-order valence-electron chi connectivity index (χ1n) is 9.79. The van der Waals surface area contributed by atoms with Crippen LogP contribution < -0.4 is 10.1 Å². The minimum Gasteiger partial charge on any atom is -0.497 e. The molecule has 30 heavy (non-hydrogen) atoms. The van der Waals surface area contributed by atoms with Gasteiger partial charge in [0.05, 0.1) is 19.2 Å². The van der Waals surface area contributed by atoms with Crippen LogP contribution in [0.15, 0.2) is 78.3 Å². The molecule has 4 aromatic rings. The SMILES string of the molecule is COc1ccc(-c2nn(Cc3ccccc3)cc2C(=O)NCCc2cccs2)cc1. The number of amides is 1. The van der Waals surface area contributed by atoms with Crippen LogP contribution in [0.3, 0.4) is 0 Å². The highest BCUT2D eigenvalue weighted by Crippen LogP contribution is 2.25. The molecule has 0 unspecified atom stereocenters. The predicted molar refractivity (Wildman–Crippen MR) is 120 cm³/mol. The standard InChI is InChI=1S/C24H23N3O2S/c1-29-20-11-9-19(10-12-20)23-22(24(28)25-14-13-21-8-5-15-30-21)17-27(26-23)16-18-6-3-2-4-7-18/h2-12,15,17H,13-14,16H2,1H3,(H,25,28). The lowest BCUT2D eigenvalue weighted by atomic mass is 10.1. The first kappa shape index (κ1) is 19.9. The quantitative estimate of drug-likeness (QED) is 0.454. The van der Waals surface area contributed by atoms with Crippen molar-refractivity contribution in [3.63, 3.8) is 0 Å². The minimum atomic E-state index is -0.114. The van der Waals surface area contributed by atoms with Crippen molar-refractivity contribution >= 4 is 17.2 Å². The molecule has 0 saturated carbocycles. The molecule has 1 amide bonds. The number of carbonyl (C=O) groups excluding carboxylic acids is 1. The molecule has 0 saturated heterocycles. The summed E-state index contributed by atoms with van der Waals surface area (Å²) < 4.78 is 7.07. The lowest BCUT2D eigenvalue weighted by Crippen LogP contribution is -2.25. The van der Waals surface area contributed by atoms with Crippen LogP contribution in [0, 0.1) is 0 Å². The normalized spacial score (nSPS) is 10.7. The molecule has 2 aromatic carbocycles. The van der Waals surface area contributed by atoms with Gasteiger partial charge in [-0.2, -0.15) is 5.10 Å². The Morgan fingerprint density at radius 2 is 1.87 bits per heavy atom. The van der Waals surface area contributed by atoms with E-state index in [0.29, 0.717) is 24.3 Å². The van der Waals surface area contributed by atoms with Gasteiger partial charge in [0.15, 0.2) is 0 Å². The summed E-state index contributed by atoms with van der Waals surface area (Å²) in [5, 5.41) is 9.81. The molecule has 0 bridgehead atoms. The third-order valence-corrected chi connectivity index (χ3v) is 5.73. The van der Waals surface area contributed by atoms with Crippen LogP contribution in [0.4, 0.5) is 0 Å². The summed E-state index contributed by atoms with van der Waals surface area (Å²) in [6.45, 7) is 1.19. The number of hydrogen-bond donors (Lipinski definition) is 1. The van der Waals surface area contributed by atoms with Gasteiger partial charge in [-0.25, -0.2) is 0 Å². The number of thiophene rings is 1. The second-order valence-corrected chi connectivity index (χ2v) is 7.92. The van der Waals surface area contributed by atoms with Gasteiger partial charge in [0.25, 0.3) is 5.91 Å². The highest BCUT2D eigenvalue weighted by Gasteiger charge is 2.18. The van der Waals surface area contributed by atoms with E-state index in [1.54, 1.807) is 18.4 Å². The summed E-state index contributed by atoms with van der Waals surface area (Å²) in [6.07, 6.45) is 2.65. The molecule has 0 spiro atoms. The molecule has 5 nitrogen and oxygen atoms in total. The average molecular weight is 418 g/mol. The summed E-state index contributed by atoms with van der Waals surface area (Å²) in [4.78, 5) is 14.2. The number of methoxy groups -OCH3 is 1. The van der Waals surface area contributed by atoms with E-state index in [-0.39, 0.29) is 5.91 Å². The van der Waals surface area contributed by atoms with E-state index < -0.39 is 0 Å². The molecule has 0 aliphatic heterocycles. The van der Waals surface area contributed by atoms with E-state index in [1.807, 2.05) is 64.8 Å². The second kappa shape index (κ2) is 9.41. The molecule has 0 aliphatic rings. The van der Waals surface area contributed by atoms with E-state index >= 15 is 0 Å². The Hall–Kier alpha value is -3.38. The van der Waals surface area contributed by atoms with E-state index in [9.17, 15) is 4.79 Å². The maximum Gasteiger partial charge on any atom is 0.255 e. The monoisotopic (exact) mass is 417 g/mol. The fourth-order valence-corrected chi connectivity index (χ4v) is 3.96.